The standard InChI is InChI=1S/C10H19NO3S.ClH/c1-15-6-4-9(11)10(12)14-7-8-3-2-5-13-8;/h8-9H,2-7,11H2,1H3;1H. The van der Waals surface area contributed by atoms with Gasteiger partial charge in [-0.3, -0.25) is 4.79 Å². The van der Waals surface area contributed by atoms with Crippen molar-refractivity contribution >= 4 is 30.1 Å². The minimum atomic E-state index is -0.487. The fourth-order valence-corrected chi connectivity index (χ4v) is 1.91. The molecule has 0 aliphatic carbocycles. The van der Waals surface area contributed by atoms with Crippen molar-refractivity contribution in [2.24, 2.45) is 5.73 Å². The summed E-state index contributed by atoms with van der Waals surface area (Å²) in [5.41, 5.74) is 5.66. The molecule has 6 heteroatoms. The summed E-state index contributed by atoms with van der Waals surface area (Å²) in [5.74, 6) is 0.579. The number of halogens is 1. The summed E-state index contributed by atoms with van der Waals surface area (Å²) in [6.45, 7) is 1.13. The molecule has 0 aromatic heterocycles. The number of rotatable bonds is 6. The maximum atomic E-state index is 11.4. The molecule has 16 heavy (non-hydrogen) atoms. The van der Waals surface area contributed by atoms with Crippen molar-refractivity contribution < 1.29 is 14.3 Å². The van der Waals surface area contributed by atoms with Crippen LogP contribution in [-0.2, 0) is 14.3 Å². The summed E-state index contributed by atoms with van der Waals surface area (Å²) in [4.78, 5) is 11.4. The third-order valence-corrected chi connectivity index (χ3v) is 3.02. The van der Waals surface area contributed by atoms with Gasteiger partial charge in [-0.05, 0) is 31.3 Å². The largest absolute Gasteiger partial charge is 0.462 e. The number of hydrogen-bond donors (Lipinski definition) is 1. The summed E-state index contributed by atoms with van der Waals surface area (Å²) >= 11 is 1.68. The SMILES string of the molecule is CSCCC(N)C(=O)OCC1CCCO1.Cl. The van der Waals surface area contributed by atoms with Crippen LogP contribution in [0.4, 0.5) is 0 Å². The van der Waals surface area contributed by atoms with E-state index in [4.69, 9.17) is 15.2 Å². The molecule has 96 valence electrons. The lowest BCUT2D eigenvalue weighted by Gasteiger charge is -2.13. The molecule has 1 aliphatic heterocycles. The molecule has 0 aromatic carbocycles. The van der Waals surface area contributed by atoms with E-state index in [0.717, 1.165) is 25.2 Å². The van der Waals surface area contributed by atoms with Gasteiger partial charge in [0.05, 0.1) is 6.10 Å². The van der Waals surface area contributed by atoms with E-state index in [-0.39, 0.29) is 24.5 Å². The maximum Gasteiger partial charge on any atom is 0.323 e. The predicted octanol–water partition coefficient (Wildman–Crippen LogP) is 1.21. The van der Waals surface area contributed by atoms with Crippen molar-refractivity contribution in [3.8, 4) is 0 Å². The molecule has 4 nitrogen and oxygen atoms in total. The Kier molecular flexibility index (Phi) is 9.12. The average Bonchev–Trinajstić information content (AvgIpc) is 2.75. The van der Waals surface area contributed by atoms with Gasteiger partial charge < -0.3 is 15.2 Å². The maximum absolute atomic E-state index is 11.4. The normalized spacial score (nSPS) is 21.2. The van der Waals surface area contributed by atoms with Crippen molar-refractivity contribution in [3.05, 3.63) is 0 Å². The number of hydrogen-bond acceptors (Lipinski definition) is 5. The Hall–Kier alpha value is 0.0300. The molecule has 2 unspecified atom stereocenters. The van der Waals surface area contributed by atoms with E-state index in [1.54, 1.807) is 11.8 Å². The van der Waals surface area contributed by atoms with Gasteiger partial charge in [0.25, 0.3) is 0 Å². The topological polar surface area (TPSA) is 61.6 Å². The Morgan fingerprint density at radius 3 is 3.00 bits per heavy atom. The van der Waals surface area contributed by atoms with Crippen LogP contribution in [0.15, 0.2) is 0 Å². The van der Waals surface area contributed by atoms with Gasteiger partial charge in [0, 0.05) is 6.61 Å². The molecule has 0 saturated carbocycles. The fraction of sp³-hybridized carbons (Fsp3) is 0.900. The van der Waals surface area contributed by atoms with E-state index in [2.05, 4.69) is 0 Å². The highest BCUT2D eigenvalue weighted by molar-refractivity contribution is 7.98. The predicted molar refractivity (Wildman–Crippen MR) is 68.2 cm³/mol. The van der Waals surface area contributed by atoms with Gasteiger partial charge in [0.1, 0.15) is 12.6 Å². The molecular weight excluding hydrogens is 250 g/mol. The number of ether oxygens (including phenoxy) is 2. The summed E-state index contributed by atoms with van der Waals surface area (Å²) in [5, 5.41) is 0. The lowest BCUT2D eigenvalue weighted by atomic mass is 10.2. The number of thioether (sulfide) groups is 1. The number of nitrogens with two attached hydrogens (primary N) is 1. The highest BCUT2D eigenvalue weighted by Gasteiger charge is 2.20. The number of esters is 1. The van der Waals surface area contributed by atoms with Crippen LogP contribution in [0.2, 0.25) is 0 Å². The smallest absolute Gasteiger partial charge is 0.323 e. The Balaban J connectivity index is 0.00000225. The first-order valence-electron chi connectivity index (χ1n) is 5.26. The highest BCUT2D eigenvalue weighted by atomic mass is 35.5. The van der Waals surface area contributed by atoms with Crippen LogP contribution in [0.25, 0.3) is 0 Å². The molecule has 1 rings (SSSR count). The molecule has 0 amide bonds. The lowest BCUT2D eigenvalue weighted by Crippen LogP contribution is -2.34. The van der Waals surface area contributed by atoms with Crippen molar-refractivity contribution in [1.29, 1.82) is 0 Å². The second-order valence-corrected chi connectivity index (χ2v) is 4.64. The van der Waals surface area contributed by atoms with E-state index in [9.17, 15) is 4.79 Å². The molecule has 1 aliphatic rings. The zero-order valence-electron chi connectivity index (χ0n) is 9.52. The van der Waals surface area contributed by atoms with Crippen LogP contribution in [-0.4, -0.2) is 43.3 Å². The molecule has 0 bridgehead atoms. The van der Waals surface area contributed by atoms with E-state index in [1.165, 1.54) is 0 Å². The van der Waals surface area contributed by atoms with Crippen molar-refractivity contribution in [2.45, 2.75) is 31.4 Å². The van der Waals surface area contributed by atoms with Crippen LogP contribution >= 0.6 is 24.2 Å². The Morgan fingerprint density at radius 2 is 2.44 bits per heavy atom. The second kappa shape index (κ2) is 9.10. The van der Waals surface area contributed by atoms with Crippen LogP contribution in [0, 0.1) is 0 Å². The Bertz CT molecular complexity index is 201. The summed E-state index contributed by atoms with van der Waals surface area (Å²) < 4.78 is 10.4. The Labute approximate surface area is 107 Å². The first-order chi connectivity index (χ1) is 7.24. The van der Waals surface area contributed by atoms with Gasteiger partial charge in [0.2, 0.25) is 0 Å². The number of carbonyl (C=O) groups excluding carboxylic acids is 1. The molecule has 1 fully saturated rings. The van der Waals surface area contributed by atoms with Crippen LogP contribution in [0.5, 0.6) is 0 Å². The van der Waals surface area contributed by atoms with Crippen LogP contribution in [0.3, 0.4) is 0 Å². The van der Waals surface area contributed by atoms with Gasteiger partial charge in [-0.25, -0.2) is 0 Å². The monoisotopic (exact) mass is 269 g/mol. The quantitative estimate of drug-likeness (QED) is 0.735. The molecule has 1 saturated heterocycles. The Morgan fingerprint density at radius 1 is 1.69 bits per heavy atom. The van der Waals surface area contributed by atoms with Gasteiger partial charge >= 0.3 is 5.97 Å². The third-order valence-electron chi connectivity index (χ3n) is 2.37. The molecule has 0 radical (unpaired) electrons. The third kappa shape index (κ3) is 5.94. The summed E-state index contributed by atoms with van der Waals surface area (Å²) in [7, 11) is 0. The molecule has 2 N–H and O–H groups in total. The van der Waals surface area contributed by atoms with Gasteiger partial charge in [-0.2, -0.15) is 11.8 Å². The molecule has 0 spiro atoms. The van der Waals surface area contributed by atoms with Crippen molar-refractivity contribution in [1.82, 2.24) is 0 Å². The zero-order chi connectivity index (χ0) is 11.1. The first kappa shape index (κ1) is 16.0. The van der Waals surface area contributed by atoms with Gasteiger partial charge in [-0.15, -0.1) is 12.4 Å². The first-order valence-corrected chi connectivity index (χ1v) is 6.66. The minimum Gasteiger partial charge on any atom is -0.462 e. The average molecular weight is 270 g/mol. The van der Waals surface area contributed by atoms with E-state index < -0.39 is 6.04 Å². The molecular formula is C10H20ClNO3S. The minimum absolute atomic E-state index is 0. The fourth-order valence-electron chi connectivity index (χ4n) is 1.42. The van der Waals surface area contributed by atoms with Crippen LogP contribution < -0.4 is 5.73 Å². The van der Waals surface area contributed by atoms with E-state index in [1.807, 2.05) is 6.26 Å². The summed E-state index contributed by atoms with van der Waals surface area (Å²) in [6.07, 6.45) is 4.78. The molecule has 2 atom stereocenters. The van der Waals surface area contributed by atoms with Crippen molar-refractivity contribution in [2.75, 3.05) is 25.2 Å². The second-order valence-electron chi connectivity index (χ2n) is 3.65. The molecule has 1 heterocycles. The van der Waals surface area contributed by atoms with Crippen molar-refractivity contribution in [3.63, 3.8) is 0 Å². The van der Waals surface area contributed by atoms with E-state index >= 15 is 0 Å². The highest BCUT2D eigenvalue weighted by Crippen LogP contribution is 2.12. The van der Waals surface area contributed by atoms with E-state index in [0.29, 0.717) is 13.0 Å². The van der Waals surface area contributed by atoms with Crippen LogP contribution in [0.1, 0.15) is 19.3 Å². The molecule has 0 aromatic rings. The number of carbonyl (C=O) groups is 1. The van der Waals surface area contributed by atoms with Gasteiger partial charge in [-0.1, -0.05) is 0 Å². The summed E-state index contributed by atoms with van der Waals surface area (Å²) in [6, 6.07) is -0.487. The van der Waals surface area contributed by atoms with Gasteiger partial charge in [0.15, 0.2) is 0 Å². The lowest BCUT2D eigenvalue weighted by molar-refractivity contribution is -0.148. The zero-order valence-corrected chi connectivity index (χ0v) is 11.1.